The average Bonchev–Trinajstić information content (AvgIpc) is 2.99. The van der Waals surface area contributed by atoms with E-state index in [2.05, 4.69) is 10.3 Å². The zero-order valence-corrected chi connectivity index (χ0v) is 13.4. The van der Waals surface area contributed by atoms with Crippen LogP contribution in [0.2, 0.25) is 0 Å². The van der Waals surface area contributed by atoms with Crippen LogP contribution in [0.3, 0.4) is 0 Å². The number of nitrogens with one attached hydrogen (secondary N) is 1. The Morgan fingerprint density at radius 3 is 2.91 bits per heavy atom. The molecule has 22 heavy (non-hydrogen) atoms. The van der Waals surface area contributed by atoms with Gasteiger partial charge in [0.25, 0.3) is 5.91 Å². The molecule has 0 aliphatic rings. The summed E-state index contributed by atoms with van der Waals surface area (Å²) in [6.07, 6.45) is 5.78. The van der Waals surface area contributed by atoms with E-state index >= 15 is 0 Å². The van der Waals surface area contributed by atoms with E-state index in [0.717, 1.165) is 24.3 Å². The SMILES string of the molecule is Cc1ccc(O[C@H](C)C(=O)NCCCn2ccnc2)c(C)c1. The van der Waals surface area contributed by atoms with Crippen molar-refractivity contribution in [2.45, 2.75) is 39.8 Å². The number of hydrogen-bond acceptors (Lipinski definition) is 3. The Morgan fingerprint density at radius 2 is 2.23 bits per heavy atom. The van der Waals surface area contributed by atoms with E-state index in [9.17, 15) is 4.79 Å². The highest BCUT2D eigenvalue weighted by molar-refractivity contribution is 5.80. The van der Waals surface area contributed by atoms with Crippen molar-refractivity contribution < 1.29 is 9.53 Å². The van der Waals surface area contributed by atoms with Gasteiger partial charge in [0.05, 0.1) is 6.33 Å². The second-order valence-electron chi connectivity index (χ2n) is 5.47. The maximum Gasteiger partial charge on any atom is 0.260 e. The molecule has 0 spiro atoms. The Hall–Kier alpha value is -2.30. The van der Waals surface area contributed by atoms with Gasteiger partial charge >= 0.3 is 0 Å². The molecule has 1 N–H and O–H groups in total. The molecule has 1 aromatic carbocycles. The maximum absolute atomic E-state index is 12.0. The summed E-state index contributed by atoms with van der Waals surface area (Å²) in [5.74, 6) is 0.664. The third-order valence-corrected chi connectivity index (χ3v) is 3.45. The Morgan fingerprint density at radius 1 is 1.41 bits per heavy atom. The molecule has 0 aliphatic heterocycles. The van der Waals surface area contributed by atoms with Crippen LogP contribution in [-0.4, -0.2) is 28.1 Å². The highest BCUT2D eigenvalue weighted by Crippen LogP contribution is 2.19. The van der Waals surface area contributed by atoms with Crippen LogP contribution in [0.15, 0.2) is 36.9 Å². The molecule has 0 saturated carbocycles. The van der Waals surface area contributed by atoms with Crippen LogP contribution in [0, 0.1) is 13.8 Å². The molecule has 1 atom stereocenters. The van der Waals surface area contributed by atoms with Gasteiger partial charge in [-0.15, -0.1) is 0 Å². The van der Waals surface area contributed by atoms with Crippen molar-refractivity contribution in [3.8, 4) is 5.75 Å². The lowest BCUT2D eigenvalue weighted by molar-refractivity contribution is -0.127. The van der Waals surface area contributed by atoms with Crippen molar-refractivity contribution in [1.82, 2.24) is 14.9 Å². The van der Waals surface area contributed by atoms with E-state index in [-0.39, 0.29) is 5.91 Å². The number of benzene rings is 1. The number of hydrogen-bond donors (Lipinski definition) is 1. The summed E-state index contributed by atoms with van der Waals surface area (Å²) in [6, 6.07) is 5.94. The fraction of sp³-hybridized carbons (Fsp3) is 0.412. The lowest BCUT2D eigenvalue weighted by Crippen LogP contribution is -2.37. The van der Waals surface area contributed by atoms with Crippen molar-refractivity contribution >= 4 is 5.91 Å². The van der Waals surface area contributed by atoms with Crippen molar-refractivity contribution in [3.05, 3.63) is 48.0 Å². The Kier molecular flexibility index (Phi) is 5.58. The minimum absolute atomic E-state index is 0.0920. The number of rotatable bonds is 7. The molecule has 0 saturated heterocycles. The zero-order valence-electron chi connectivity index (χ0n) is 13.4. The van der Waals surface area contributed by atoms with E-state index in [1.165, 1.54) is 5.56 Å². The van der Waals surface area contributed by atoms with Crippen molar-refractivity contribution in [2.75, 3.05) is 6.54 Å². The number of amides is 1. The minimum Gasteiger partial charge on any atom is -0.481 e. The second kappa shape index (κ2) is 7.64. The van der Waals surface area contributed by atoms with Crippen LogP contribution in [0.4, 0.5) is 0 Å². The third kappa shape index (κ3) is 4.62. The summed E-state index contributed by atoms with van der Waals surface area (Å²) in [7, 11) is 0. The number of carbonyl (C=O) groups is 1. The molecular formula is C17H23N3O2. The van der Waals surface area contributed by atoms with Crippen molar-refractivity contribution in [2.24, 2.45) is 0 Å². The molecule has 0 fully saturated rings. The van der Waals surface area contributed by atoms with Crippen LogP contribution < -0.4 is 10.1 Å². The molecule has 118 valence electrons. The van der Waals surface area contributed by atoms with Gasteiger partial charge in [-0.1, -0.05) is 17.7 Å². The van der Waals surface area contributed by atoms with Crippen LogP contribution in [0.5, 0.6) is 5.75 Å². The molecule has 1 amide bonds. The number of carbonyl (C=O) groups excluding carboxylic acids is 1. The van der Waals surface area contributed by atoms with Gasteiger partial charge < -0.3 is 14.6 Å². The fourth-order valence-electron chi connectivity index (χ4n) is 2.21. The number of aryl methyl sites for hydroxylation is 3. The molecular weight excluding hydrogens is 278 g/mol. The lowest BCUT2D eigenvalue weighted by atomic mass is 10.1. The van der Waals surface area contributed by atoms with E-state index in [0.29, 0.717) is 6.54 Å². The number of nitrogens with zero attached hydrogens (tertiary/aromatic N) is 2. The van der Waals surface area contributed by atoms with Gasteiger partial charge in [0.15, 0.2) is 6.10 Å². The smallest absolute Gasteiger partial charge is 0.260 e. The van der Waals surface area contributed by atoms with Gasteiger partial charge in [0, 0.05) is 25.5 Å². The van der Waals surface area contributed by atoms with Gasteiger partial charge in [-0.25, -0.2) is 4.98 Å². The molecule has 5 nitrogen and oxygen atoms in total. The summed E-state index contributed by atoms with van der Waals surface area (Å²) >= 11 is 0. The van der Waals surface area contributed by atoms with E-state index in [1.54, 1.807) is 19.4 Å². The van der Waals surface area contributed by atoms with Crippen LogP contribution in [0.1, 0.15) is 24.5 Å². The Balaban J connectivity index is 1.74. The van der Waals surface area contributed by atoms with Gasteiger partial charge in [0.1, 0.15) is 5.75 Å². The highest BCUT2D eigenvalue weighted by atomic mass is 16.5. The van der Waals surface area contributed by atoms with Crippen molar-refractivity contribution in [1.29, 1.82) is 0 Å². The Labute approximate surface area is 131 Å². The molecule has 0 bridgehead atoms. The molecule has 1 heterocycles. The van der Waals surface area contributed by atoms with Crippen LogP contribution in [0.25, 0.3) is 0 Å². The molecule has 5 heteroatoms. The average molecular weight is 301 g/mol. The monoisotopic (exact) mass is 301 g/mol. The second-order valence-corrected chi connectivity index (χ2v) is 5.47. The highest BCUT2D eigenvalue weighted by Gasteiger charge is 2.14. The molecule has 0 radical (unpaired) electrons. The van der Waals surface area contributed by atoms with Crippen LogP contribution in [-0.2, 0) is 11.3 Å². The predicted molar refractivity (Wildman–Crippen MR) is 85.9 cm³/mol. The fourth-order valence-corrected chi connectivity index (χ4v) is 2.21. The summed E-state index contributed by atoms with van der Waals surface area (Å²) in [4.78, 5) is 16.0. The molecule has 2 rings (SSSR count). The molecule has 1 aromatic heterocycles. The minimum atomic E-state index is -0.505. The molecule has 0 unspecified atom stereocenters. The van der Waals surface area contributed by atoms with E-state index in [4.69, 9.17) is 4.74 Å². The first-order valence-electron chi connectivity index (χ1n) is 7.53. The third-order valence-electron chi connectivity index (χ3n) is 3.45. The first-order valence-corrected chi connectivity index (χ1v) is 7.53. The van der Waals surface area contributed by atoms with Gasteiger partial charge in [0.2, 0.25) is 0 Å². The predicted octanol–water partition coefficient (Wildman–Crippen LogP) is 2.47. The normalized spacial score (nSPS) is 12.0. The van der Waals surface area contributed by atoms with Gasteiger partial charge in [-0.3, -0.25) is 4.79 Å². The number of ether oxygens (including phenoxy) is 1. The lowest BCUT2D eigenvalue weighted by Gasteiger charge is -2.16. The summed E-state index contributed by atoms with van der Waals surface area (Å²) in [5, 5.41) is 2.90. The number of aromatic nitrogens is 2. The largest absolute Gasteiger partial charge is 0.481 e. The molecule has 2 aromatic rings. The molecule has 0 aliphatic carbocycles. The quantitative estimate of drug-likeness (QED) is 0.799. The van der Waals surface area contributed by atoms with E-state index < -0.39 is 6.10 Å². The van der Waals surface area contributed by atoms with Crippen LogP contribution >= 0.6 is 0 Å². The zero-order chi connectivity index (χ0) is 15.9. The first-order chi connectivity index (χ1) is 10.6. The standard InChI is InChI=1S/C17H23N3O2/c1-13-5-6-16(14(2)11-13)22-15(3)17(21)19-7-4-9-20-10-8-18-12-20/h5-6,8,10-12,15H,4,7,9H2,1-3H3,(H,19,21)/t15-/m1/s1. The first kappa shape index (κ1) is 16.1. The van der Waals surface area contributed by atoms with Gasteiger partial charge in [-0.05, 0) is 38.8 Å². The maximum atomic E-state index is 12.0. The van der Waals surface area contributed by atoms with E-state index in [1.807, 2.05) is 42.8 Å². The summed E-state index contributed by atoms with van der Waals surface area (Å²) in [6.45, 7) is 7.25. The number of imidazole rings is 1. The summed E-state index contributed by atoms with van der Waals surface area (Å²) < 4.78 is 7.73. The Bertz CT molecular complexity index is 608. The van der Waals surface area contributed by atoms with Crippen molar-refractivity contribution in [3.63, 3.8) is 0 Å². The van der Waals surface area contributed by atoms with Gasteiger partial charge in [-0.2, -0.15) is 0 Å². The topological polar surface area (TPSA) is 56.1 Å². The summed E-state index contributed by atoms with van der Waals surface area (Å²) in [5.41, 5.74) is 2.22.